The van der Waals surface area contributed by atoms with E-state index in [2.05, 4.69) is 27.8 Å². The second-order valence-electron chi connectivity index (χ2n) is 3.29. The standard InChI is InChI=1S/C12H15BrFNS/c1-2-6-16-7-5-15-9-10-3-4-12(14)11(13)8-10/h2-4,8,15H,1,5-7,9H2. The molecule has 1 N–H and O–H groups in total. The van der Waals surface area contributed by atoms with Crippen LogP contribution in [0.25, 0.3) is 0 Å². The molecule has 0 aromatic heterocycles. The van der Waals surface area contributed by atoms with Crippen molar-refractivity contribution >= 4 is 27.7 Å². The van der Waals surface area contributed by atoms with E-state index < -0.39 is 0 Å². The molecule has 0 heterocycles. The van der Waals surface area contributed by atoms with Gasteiger partial charge >= 0.3 is 0 Å². The lowest BCUT2D eigenvalue weighted by Gasteiger charge is -2.05. The maximum atomic E-state index is 12.9. The molecule has 0 spiro atoms. The van der Waals surface area contributed by atoms with Crippen molar-refractivity contribution in [2.45, 2.75) is 6.54 Å². The first-order chi connectivity index (χ1) is 7.74. The minimum Gasteiger partial charge on any atom is -0.312 e. The van der Waals surface area contributed by atoms with E-state index in [9.17, 15) is 4.39 Å². The normalized spacial score (nSPS) is 10.4. The highest BCUT2D eigenvalue weighted by Gasteiger charge is 1.99. The number of nitrogens with one attached hydrogen (secondary N) is 1. The molecule has 0 saturated carbocycles. The predicted octanol–water partition coefficient (Wildman–Crippen LogP) is 3.60. The number of hydrogen-bond acceptors (Lipinski definition) is 2. The van der Waals surface area contributed by atoms with Crippen molar-refractivity contribution in [3.8, 4) is 0 Å². The van der Waals surface area contributed by atoms with Gasteiger partial charge in [0.15, 0.2) is 0 Å². The molecular formula is C12H15BrFNS. The highest BCUT2D eigenvalue weighted by molar-refractivity contribution is 9.10. The van der Waals surface area contributed by atoms with Gasteiger partial charge in [0.05, 0.1) is 4.47 Å². The SMILES string of the molecule is C=CCSCCNCc1ccc(F)c(Br)c1. The van der Waals surface area contributed by atoms with Crippen LogP contribution in [0.3, 0.4) is 0 Å². The average molecular weight is 304 g/mol. The summed E-state index contributed by atoms with van der Waals surface area (Å²) in [7, 11) is 0. The molecule has 88 valence electrons. The summed E-state index contributed by atoms with van der Waals surface area (Å²) in [4.78, 5) is 0. The van der Waals surface area contributed by atoms with E-state index in [-0.39, 0.29) is 5.82 Å². The molecule has 16 heavy (non-hydrogen) atoms. The maximum absolute atomic E-state index is 12.9. The van der Waals surface area contributed by atoms with Crippen molar-refractivity contribution in [1.82, 2.24) is 5.32 Å². The summed E-state index contributed by atoms with van der Waals surface area (Å²) in [5, 5.41) is 3.31. The van der Waals surface area contributed by atoms with E-state index >= 15 is 0 Å². The fourth-order valence-electron chi connectivity index (χ4n) is 1.19. The van der Waals surface area contributed by atoms with Gasteiger partial charge in [-0.15, -0.1) is 6.58 Å². The number of thioether (sulfide) groups is 1. The van der Waals surface area contributed by atoms with Gasteiger partial charge in [-0.3, -0.25) is 0 Å². The predicted molar refractivity (Wildman–Crippen MR) is 73.3 cm³/mol. The zero-order valence-electron chi connectivity index (χ0n) is 9.01. The molecule has 1 nitrogen and oxygen atoms in total. The lowest BCUT2D eigenvalue weighted by atomic mass is 10.2. The van der Waals surface area contributed by atoms with Gasteiger partial charge in [-0.25, -0.2) is 4.39 Å². The Morgan fingerprint density at radius 1 is 1.50 bits per heavy atom. The third-order valence-corrected chi connectivity index (χ3v) is 3.54. The Hall–Kier alpha value is -0.320. The van der Waals surface area contributed by atoms with Crippen molar-refractivity contribution < 1.29 is 4.39 Å². The largest absolute Gasteiger partial charge is 0.312 e. The van der Waals surface area contributed by atoms with Crippen LogP contribution >= 0.6 is 27.7 Å². The summed E-state index contributed by atoms with van der Waals surface area (Å²) < 4.78 is 13.5. The molecule has 0 amide bonds. The molecule has 4 heteroatoms. The van der Waals surface area contributed by atoms with Gasteiger partial charge in [-0.1, -0.05) is 12.1 Å². The van der Waals surface area contributed by atoms with Gasteiger partial charge in [0.2, 0.25) is 0 Å². The van der Waals surface area contributed by atoms with Crippen LogP contribution in [0.5, 0.6) is 0 Å². The Morgan fingerprint density at radius 2 is 2.31 bits per heavy atom. The van der Waals surface area contributed by atoms with E-state index in [1.54, 1.807) is 12.1 Å². The topological polar surface area (TPSA) is 12.0 Å². The molecule has 0 fully saturated rings. The molecular weight excluding hydrogens is 289 g/mol. The zero-order valence-corrected chi connectivity index (χ0v) is 11.4. The first kappa shape index (κ1) is 13.7. The average Bonchev–Trinajstić information content (AvgIpc) is 2.28. The summed E-state index contributed by atoms with van der Waals surface area (Å²) >= 11 is 5.02. The van der Waals surface area contributed by atoms with Crippen molar-refractivity contribution in [2.24, 2.45) is 0 Å². The summed E-state index contributed by atoms with van der Waals surface area (Å²) in [6, 6.07) is 5.08. The minimum atomic E-state index is -0.217. The Kier molecular flexibility index (Phi) is 6.76. The van der Waals surface area contributed by atoms with Gasteiger partial charge in [-0.2, -0.15) is 11.8 Å². The number of rotatable bonds is 7. The summed E-state index contributed by atoms with van der Waals surface area (Å²) in [6.07, 6.45) is 1.90. The maximum Gasteiger partial charge on any atom is 0.137 e. The fraction of sp³-hybridized carbons (Fsp3) is 0.333. The monoisotopic (exact) mass is 303 g/mol. The van der Waals surface area contributed by atoms with E-state index in [0.29, 0.717) is 4.47 Å². The quantitative estimate of drug-likeness (QED) is 0.610. The van der Waals surface area contributed by atoms with E-state index in [0.717, 1.165) is 30.2 Å². The highest BCUT2D eigenvalue weighted by atomic mass is 79.9. The van der Waals surface area contributed by atoms with Crippen LogP contribution in [0.15, 0.2) is 35.3 Å². The molecule has 0 atom stereocenters. The van der Waals surface area contributed by atoms with Gasteiger partial charge in [0, 0.05) is 24.6 Å². The number of halogens is 2. The molecule has 0 aliphatic rings. The zero-order chi connectivity index (χ0) is 11.8. The van der Waals surface area contributed by atoms with E-state index in [1.807, 2.05) is 17.8 Å². The van der Waals surface area contributed by atoms with E-state index in [1.165, 1.54) is 6.07 Å². The van der Waals surface area contributed by atoms with Gasteiger partial charge in [0.25, 0.3) is 0 Å². The van der Waals surface area contributed by atoms with Gasteiger partial charge in [-0.05, 0) is 33.6 Å². The molecule has 1 rings (SSSR count). The molecule has 1 aromatic rings. The van der Waals surface area contributed by atoms with Crippen LogP contribution in [0.4, 0.5) is 4.39 Å². The summed E-state index contributed by atoms with van der Waals surface area (Å²) in [6.45, 7) is 5.39. The van der Waals surface area contributed by atoms with E-state index in [4.69, 9.17) is 0 Å². The highest BCUT2D eigenvalue weighted by Crippen LogP contribution is 2.16. The Labute approximate surface area is 109 Å². The minimum absolute atomic E-state index is 0.217. The van der Waals surface area contributed by atoms with Gasteiger partial charge in [0.1, 0.15) is 5.82 Å². The second kappa shape index (κ2) is 7.87. The number of benzene rings is 1. The van der Waals surface area contributed by atoms with Crippen molar-refractivity contribution in [1.29, 1.82) is 0 Å². The Morgan fingerprint density at radius 3 is 3.00 bits per heavy atom. The molecule has 0 bridgehead atoms. The second-order valence-corrected chi connectivity index (χ2v) is 5.29. The molecule has 1 aromatic carbocycles. The van der Waals surface area contributed by atoms with Crippen LogP contribution in [-0.4, -0.2) is 18.1 Å². The Bertz CT molecular complexity index is 344. The van der Waals surface area contributed by atoms with Crippen molar-refractivity contribution in [2.75, 3.05) is 18.1 Å². The smallest absolute Gasteiger partial charge is 0.137 e. The van der Waals surface area contributed by atoms with Crippen LogP contribution in [-0.2, 0) is 6.54 Å². The Balaban J connectivity index is 2.21. The van der Waals surface area contributed by atoms with Crippen LogP contribution in [0.1, 0.15) is 5.56 Å². The first-order valence-electron chi connectivity index (χ1n) is 5.07. The summed E-state index contributed by atoms with van der Waals surface area (Å²) in [5.41, 5.74) is 1.09. The molecule has 0 saturated heterocycles. The lowest BCUT2D eigenvalue weighted by Crippen LogP contribution is -2.16. The number of hydrogen-bond donors (Lipinski definition) is 1. The van der Waals surface area contributed by atoms with Crippen LogP contribution in [0.2, 0.25) is 0 Å². The third kappa shape index (κ3) is 5.14. The van der Waals surface area contributed by atoms with Crippen molar-refractivity contribution in [3.63, 3.8) is 0 Å². The summed E-state index contributed by atoms with van der Waals surface area (Å²) in [5.74, 6) is 1.84. The van der Waals surface area contributed by atoms with Crippen LogP contribution < -0.4 is 5.32 Å². The first-order valence-corrected chi connectivity index (χ1v) is 7.02. The van der Waals surface area contributed by atoms with Gasteiger partial charge < -0.3 is 5.32 Å². The molecule has 0 unspecified atom stereocenters. The van der Waals surface area contributed by atoms with Crippen LogP contribution in [0, 0.1) is 5.82 Å². The fourth-order valence-corrected chi connectivity index (χ4v) is 2.24. The molecule has 0 aliphatic heterocycles. The van der Waals surface area contributed by atoms with Crippen molar-refractivity contribution in [3.05, 3.63) is 46.7 Å². The lowest BCUT2D eigenvalue weighted by molar-refractivity contribution is 0.619. The third-order valence-electron chi connectivity index (χ3n) is 1.97. The molecule has 0 aliphatic carbocycles. The molecule has 0 radical (unpaired) electrons.